The van der Waals surface area contributed by atoms with Crippen molar-refractivity contribution in [3.05, 3.63) is 83.3 Å². The van der Waals surface area contributed by atoms with Crippen LogP contribution in [0.25, 0.3) is 22.4 Å². The van der Waals surface area contributed by atoms with Gasteiger partial charge in [0.2, 0.25) is 0 Å². The minimum atomic E-state index is -0.451. The lowest BCUT2D eigenvalue weighted by Gasteiger charge is -2.07. The van der Waals surface area contributed by atoms with Crippen molar-refractivity contribution in [3.63, 3.8) is 0 Å². The molecule has 0 saturated heterocycles. The smallest absolute Gasteiger partial charge is 0.272 e. The molecular formula is C24H20FN9O2. The highest BCUT2D eigenvalue weighted by Gasteiger charge is 2.21. The molecule has 5 aromatic rings. The van der Waals surface area contributed by atoms with Gasteiger partial charge >= 0.3 is 0 Å². The first-order valence-corrected chi connectivity index (χ1v) is 10.9. The average Bonchev–Trinajstić information content (AvgIpc) is 3.53. The number of rotatable bonds is 6. The number of aromatic nitrogens is 7. The van der Waals surface area contributed by atoms with Crippen LogP contribution in [0.3, 0.4) is 0 Å². The predicted octanol–water partition coefficient (Wildman–Crippen LogP) is 2.78. The molecule has 0 unspecified atom stereocenters. The summed E-state index contributed by atoms with van der Waals surface area (Å²) in [5.74, 6) is -0.362. The second kappa shape index (κ2) is 9.33. The number of aromatic amines is 1. The number of hydrogen-bond donors (Lipinski definition) is 3. The molecule has 0 radical (unpaired) electrons. The fraction of sp³-hybridized carbons (Fsp3) is 0.125. The fourth-order valence-electron chi connectivity index (χ4n) is 3.74. The number of amides is 2. The number of fused-ring (bicyclic) bond motifs is 1. The quantitative estimate of drug-likeness (QED) is 0.335. The third kappa shape index (κ3) is 4.39. The van der Waals surface area contributed by atoms with Crippen LogP contribution in [0.2, 0.25) is 0 Å². The number of benzene rings is 2. The second-order valence-electron chi connectivity index (χ2n) is 8.02. The Hall–Kier alpha value is -5.00. The highest BCUT2D eigenvalue weighted by atomic mass is 19.1. The average molecular weight is 485 g/mol. The van der Waals surface area contributed by atoms with Gasteiger partial charge in [0.15, 0.2) is 17.3 Å². The molecule has 0 aliphatic carbocycles. The molecule has 36 heavy (non-hydrogen) atoms. The summed E-state index contributed by atoms with van der Waals surface area (Å²) in [5.41, 5.74) is 3.21. The van der Waals surface area contributed by atoms with Gasteiger partial charge in [-0.2, -0.15) is 10.2 Å². The van der Waals surface area contributed by atoms with Crippen molar-refractivity contribution < 1.29 is 14.0 Å². The molecule has 5 rings (SSSR count). The van der Waals surface area contributed by atoms with Gasteiger partial charge in [-0.15, -0.1) is 0 Å². The number of nitrogens with zero attached hydrogens (tertiary/aromatic N) is 6. The summed E-state index contributed by atoms with van der Waals surface area (Å²) in [6.45, 7) is 1.85. The second-order valence-corrected chi connectivity index (χ2v) is 8.02. The number of carbonyl (C=O) groups excluding carboxylic acids is 2. The van der Waals surface area contributed by atoms with Gasteiger partial charge in [-0.05, 0) is 36.2 Å². The number of nitrogens with one attached hydrogen (secondary N) is 3. The van der Waals surface area contributed by atoms with E-state index < -0.39 is 11.8 Å². The molecule has 0 saturated carbocycles. The predicted molar refractivity (Wildman–Crippen MR) is 128 cm³/mol. The molecule has 11 nitrogen and oxygen atoms in total. The first-order chi connectivity index (χ1) is 17.4. The molecule has 180 valence electrons. The van der Waals surface area contributed by atoms with Crippen molar-refractivity contribution in [1.29, 1.82) is 0 Å². The summed E-state index contributed by atoms with van der Waals surface area (Å²) < 4.78 is 14.9. The molecule has 2 amide bonds. The summed E-state index contributed by atoms with van der Waals surface area (Å²) >= 11 is 0. The van der Waals surface area contributed by atoms with Gasteiger partial charge in [0, 0.05) is 24.7 Å². The summed E-state index contributed by atoms with van der Waals surface area (Å²) in [6, 6.07) is 11.4. The standard InChI is InChI=1S/C24H20FN9O2/c1-13-9-14(3-8-17(13)25)10-26-24(36)19-20-18(27-11-28-19)22(33-34(20)2)31-23(35)16-6-4-15(5-7-16)21-29-12-30-32-21/h3-9,11-12H,10H2,1-2H3,(H,26,36)(H,29,30,32)(H,31,33,35). The summed E-state index contributed by atoms with van der Waals surface area (Å²) in [4.78, 5) is 38.2. The SMILES string of the molecule is Cc1cc(CNC(=O)c2ncnc3c(NC(=O)c4ccc(-c5ncn[nH]5)cc4)nn(C)c23)ccc1F. The van der Waals surface area contributed by atoms with Crippen LogP contribution >= 0.6 is 0 Å². The summed E-state index contributed by atoms with van der Waals surface area (Å²) in [5, 5.41) is 16.4. The van der Waals surface area contributed by atoms with E-state index in [-0.39, 0.29) is 23.9 Å². The Morgan fingerprint density at radius 2 is 1.83 bits per heavy atom. The molecule has 0 aliphatic heterocycles. The Balaban J connectivity index is 1.35. The molecule has 0 fully saturated rings. The number of aryl methyl sites for hydroxylation is 2. The molecular weight excluding hydrogens is 465 g/mol. The highest BCUT2D eigenvalue weighted by molar-refractivity contribution is 6.10. The van der Waals surface area contributed by atoms with Crippen molar-refractivity contribution >= 4 is 28.7 Å². The fourth-order valence-corrected chi connectivity index (χ4v) is 3.74. The first kappa shape index (κ1) is 22.8. The minimum Gasteiger partial charge on any atom is -0.347 e. The van der Waals surface area contributed by atoms with Gasteiger partial charge in [-0.1, -0.05) is 24.3 Å². The van der Waals surface area contributed by atoms with Crippen LogP contribution in [0.1, 0.15) is 32.0 Å². The molecule has 0 spiro atoms. The van der Waals surface area contributed by atoms with Gasteiger partial charge in [0.25, 0.3) is 11.8 Å². The molecule has 3 N–H and O–H groups in total. The molecule has 2 aromatic carbocycles. The van der Waals surface area contributed by atoms with Crippen molar-refractivity contribution in [2.24, 2.45) is 7.05 Å². The number of halogens is 1. The Labute approximate surface area is 203 Å². The third-order valence-electron chi connectivity index (χ3n) is 5.58. The Morgan fingerprint density at radius 1 is 1.03 bits per heavy atom. The van der Waals surface area contributed by atoms with Crippen LogP contribution < -0.4 is 10.6 Å². The lowest BCUT2D eigenvalue weighted by atomic mass is 10.1. The monoisotopic (exact) mass is 485 g/mol. The molecule has 12 heteroatoms. The third-order valence-corrected chi connectivity index (χ3v) is 5.58. The zero-order valence-electron chi connectivity index (χ0n) is 19.3. The maximum absolute atomic E-state index is 13.5. The van der Waals surface area contributed by atoms with Crippen LogP contribution in [0, 0.1) is 12.7 Å². The van der Waals surface area contributed by atoms with Crippen LogP contribution in [0.5, 0.6) is 0 Å². The zero-order chi connectivity index (χ0) is 25.2. The van der Waals surface area contributed by atoms with Gasteiger partial charge in [-0.25, -0.2) is 19.3 Å². The van der Waals surface area contributed by atoms with Crippen LogP contribution in [0.4, 0.5) is 10.2 Å². The van der Waals surface area contributed by atoms with Crippen LogP contribution in [-0.4, -0.2) is 46.7 Å². The number of carbonyl (C=O) groups is 2. The molecule has 3 aromatic heterocycles. The number of anilines is 1. The Morgan fingerprint density at radius 3 is 2.56 bits per heavy atom. The number of H-pyrrole nitrogens is 1. The minimum absolute atomic E-state index is 0.103. The van der Waals surface area contributed by atoms with Gasteiger partial charge in [0.05, 0.1) is 0 Å². The van der Waals surface area contributed by atoms with E-state index in [2.05, 4.69) is 40.9 Å². The van der Waals surface area contributed by atoms with E-state index in [9.17, 15) is 14.0 Å². The lowest BCUT2D eigenvalue weighted by Crippen LogP contribution is -2.24. The van der Waals surface area contributed by atoms with Crippen molar-refractivity contribution in [2.45, 2.75) is 13.5 Å². The van der Waals surface area contributed by atoms with Crippen molar-refractivity contribution in [2.75, 3.05) is 5.32 Å². The first-order valence-electron chi connectivity index (χ1n) is 10.9. The summed E-state index contributed by atoms with van der Waals surface area (Å²) in [7, 11) is 1.63. The van der Waals surface area contributed by atoms with E-state index in [1.165, 1.54) is 23.4 Å². The lowest BCUT2D eigenvalue weighted by molar-refractivity contribution is 0.0946. The van der Waals surface area contributed by atoms with E-state index >= 15 is 0 Å². The van der Waals surface area contributed by atoms with Gasteiger partial charge in [-0.3, -0.25) is 19.4 Å². The topological polar surface area (TPSA) is 143 Å². The van der Waals surface area contributed by atoms with Crippen molar-refractivity contribution in [3.8, 4) is 11.4 Å². The van der Waals surface area contributed by atoms with E-state index in [4.69, 9.17) is 0 Å². The number of hydrogen-bond acceptors (Lipinski definition) is 7. The van der Waals surface area contributed by atoms with Gasteiger partial charge < -0.3 is 10.6 Å². The normalized spacial score (nSPS) is 11.0. The maximum atomic E-state index is 13.5. The summed E-state index contributed by atoms with van der Waals surface area (Å²) in [6.07, 6.45) is 2.64. The van der Waals surface area contributed by atoms with E-state index in [1.54, 1.807) is 50.4 Å². The maximum Gasteiger partial charge on any atom is 0.272 e. The Kier molecular flexibility index (Phi) is 5.90. The van der Waals surface area contributed by atoms with Crippen LogP contribution in [-0.2, 0) is 13.6 Å². The van der Waals surface area contributed by atoms with E-state index in [0.717, 1.165) is 11.1 Å². The van der Waals surface area contributed by atoms with E-state index in [1.807, 2.05) is 0 Å². The molecule has 0 atom stereocenters. The molecule has 0 aliphatic rings. The van der Waals surface area contributed by atoms with Crippen molar-refractivity contribution in [1.82, 2.24) is 40.2 Å². The van der Waals surface area contributed by atoms with Crippen LogP contribution in [0.15, 0.2) is 55.1 Å². The largest absolute Gasteiger partial charge is 0.347 e. The molecule has 0 bridgehead atoms. The zero-order valence-corrected chi connectivity index (χ0v) is 19.3. The highest BCUT2D eigenvalue weighted by Crippen LogP contribution is 2.23. The van der Waals surface area contributed by atoms with Gasteiger partial charge in [0.1, 0.15) is 29.5 Å². The van der Waals surface area contributed by atoms with E-state index in [0.29, 0.717) is 28.0 Å². The molecule has 3 heterocycles. The Bertz CT molecular complexity index is 1580.